The number of nitrogens with one attached hydrogen (secondary N) is 1. The number of ether oxygens (including phenoxy) is 1. The summed E-state index contributed by atoms with van der Waals surface area (Å²) in [5, 5.41) is 20.4. The zero-order chi connectivity index (χ0) is 20.9. The van der Waals surface area contributed by atoms with Crippen molar-refractivity contribution in [2.75, 3.05) is 19.0 Å². The Bertz CT molecular complexity index is 1030. The van der Waals surface area contributed by atoms with Gasteiger partial charge in [0.2, 0.25) is 5.95 Å². The van der Waals surface area contributed by atoms with Crippen LogP contribution >= 0.6 is 15.4 Å². The van der Waals surface area contributed by atoms with Crippen LogP contribution in [0.4, 0.5) is 5.95 Å². The second-order valence-corrected chi connectivity index (χ2v) is 9.42. The van der Waals surface area contributed by atoms with Gasteiger partial charge in [0.1, 0.15) is 18.3 Å². The fourth-order valence-electron chi connectivity index (χ4n) is 2.61. The third kappa shape index (κ3) is 4.33. The number of hydrogen-bond donors (Lipinski definition) is 6. The molecule has 0 bridgehead atoms. The van der Waals surface area contributed by atoms with Crippen LogP contribution in [-0.4, -0.2) is 71.1 Å². The molecule has 0 radical (unpaired) electrons. The van der Waals surface area contributed by atoms with Gasteiger partial charge in [-0.15, -0.1) is 0 Å². The molecular formula is C11H17N5O10P2. The number of anilines is 1. The van der Waals surface area contributed by atoms with Gasteiger partial charge in [0, 0.05) is 6.66 Å². The molecule has 156 valence electrons. The maximum atomic E-state index is 11.8. The monoisotopic (exact) mass is 441 g/mol. The fraction of sp³-hybridized carbons (Fsp3) is 0.545. The van der Waals surface area contributed by atoms with E-state index < -0.39 is 52.1 Å². The van der Waals surface area contributed by atoms with Crippen LogP contribution in [0.25, 0.3) is 11.2 Å². The van der Waals surface area contributed by atoms with Crippen LogP contribution in [0, 0.1) is 0 Å². The van der Waals surface area contributed by atoms with Crippen molar-refractivity contribution in [1.82, 2.24) is 19.5 Å². The summed E-state index contributed by atoms with van der Waals surface area (Å²) in [5.41, 5.74) is 4.75. The standard InChI is InChI=1S/C11H17N5O10P2/c1-27(20,21)26-28(22,23)24-2-4-6(17)7(18)10(25-4)16-3-13-5-8(16)14-11(12)15-9(5)19/h3-4,6-7,10,17-18H,2H2,1H3,(H,20,21)(H,22,23)(H3,12,14,15,19)/t4-,6-,7-,10-/m1/s1. The van der Waals surface area contributed by atoms with Crippen molar-refractivity contribution in [1.29, 1.82) is 0 Å². The maximum Gasteiger partial charge on any atom is 0.479 e. The summed E-state index contributed by atoms with van der Waals surface area (Å²) < 4.78 is 37.9. The average Bonchev–Trinajstić information content (AvgIpc) is 3.06. The van der Waals surface area contributed by atoms with Crippen LogP contribution in [0.1, 0.15) is 6.23 Å². The highest BCUT2D eigenvalue weighted by atomic mass is 31.3. The summed E-state index contributed by atoms with van der Waals surface area (Å²) >= 11 is 0. The average molecular weight is 441 g/mol. The molecule has 1 aliphatic rings. The second kappa shape index (κ2) is 7.30. The summed E-state index contributed by atoms with van der Waals surface area (Å²) in [6, 6.07) is 0. The summed E-state index contributed by atoms with van der Waals surface area (Å²) in [6.45, 7) is -0.0736. The van der Waals surface area contributed by atoms with Gasteiger partial charge >= 0.3 is 15.4 Å². The predicted octanol–water partition coefficient (Wildman–Crippen LogP) is -1.73. The number of nitrogens with zero attached hydrogens (tertiary/aromatic N) is 3. The highest BCUT2D eigenvalue weighted by molar-refractivity contribution is 7.63. The maximum absolute atomic E-state index is 11.8. The lowest BCUT2D eigenvalue weighted by Gasteiger charge is -2.18. The van der Waals surface area contributed by atoms with E-state index >= 15 is 0 Å². The number of hydrogen-bond acceptors (Lipinski definition) is 11. The molecule has 0 spiro atoms. The molecule has 2 unspecified atom stereocenters. The summed E-state index contributed by atoms with van der Waals surface area (Å²) in [5.74, 6) is -0.210. The van der Waals surface area contributed by atoms with Crippen molar-refractivity contribution in [2.45, 2.75) is 24.5 Å². The summed E-state index contributed by atoms with van der Waals surface area (Å²) in [6.07, 6.45) is -4.60. The van der Waals surface area contributed by atoms with Crippen LogP contribution < -0.4 is 11.3 Å². The van der Waals surface area contributed by atoms with Crippen molar-refractivity contribution in [3.63, 3.8) is 0 Å². The molecule has 0 amide bonds. The van der Waals surface area contributed by atoms with Crippen LogP contribution in [0.15, 0.2) is 11.1 Å². The zero-order valence-electron chi connectivity index (χ0n) is 14.1. The van der Waals surface area contributed by atoms with Gasteiger partial charge in [-0.25, -0.2) is 13.9 Å². The van der Waals surface area contributed by atoms with Crippen molar-refractivity contribution < 1.29 is 42.7 Å². The normalized spacial score (nSPS) is 29.6. The fourth-order valence-corrected chi connectivity index (χ4v) is 4.66. The van der Waals surface area contributed by atoms with Gasteiger partial charge in [-0.05, 0) is 0 Å². The number of nitrogen functional groups attached to an aromatic ring is 1. The first-order valence-corrected chi connectivity index (χ1v) is 11.1. The van der Waals surface area contributed by atoms with Crippen LogP contribution in [-0.2, 0) is 22.7 Å². The van der Waals surface area contributed by atoms with E-state index in [-0.39, 0.29) is 17.1 Å². The summed E-state index contributed by atoms with van der Waals surface area (Å²) in [7, 11) is -9.24. The molecule has 0 aliphatic carbocycles. The topological polar surface area (TPSA) is 232 Å². The van der Waals surface area contributed by atoms with Crippen molar-refractivity contribution >= 4 is 32.5 Å². The van der Waals surface area contributed by atoms with Gasteiger partial charge in [-0.3, -0.25) is 23.4 Å². The molecule has 2 aromatic heterocycles. The lowest BCUT2D eigenvalue weighted by molar-refractivity contribution is -0.0501. The molecule has 15 nitrogen and oxygen atoms in total. The zero-order valence-corrected chi connectivity index (χ0v) is 15.9. The first kappa shape index (κ1) is 21.0. The van der Waals surface area contributed by atoms with Gasteiger partial charge in [-0.2, -0.15) is 4.98 Å². The Morgan fingerprint density at radius 2 is 2.04 bits per heavy atom. The molecule has 1 fully saturated rings. The lowest BCUT2D eigenvalue weighted by Crippen LogP contribution is -2.33. The number of aromatic nitrogens is 4. The summed E-state index contributed by atoms with van der Waals surface area (Å²) in [4.78, 5) is 40.2. The van der Waals surface area contributed by atoms with Gasteiger partial charge < -0.3 is 30.5 Å². The lowest BCUT2D eigenvalue weighted by atomic mass is 10.1. The number of H-pyrrole nitrogens is 1. The number of fused-ring (bicyclic) bond motifs is 1. The first-order chi connectivity index (χ1) is 12.9. The van der Waals surface area contributed by atoms with E-state index in [1.165, 1.54) is 0 Å². The van der Waals surface area contributed by atoms with Crippen LogP contribution in [0.2, 0.25) is 0 Å². The molecule has 3 heterocycles. The Balaban J connectivity index is 1.79. The van der Waals surface area contributed by atoms with E-state index in [1.807, 2.05) is 0 Å². The number of phosphoric ester groups is 1. The molecule has 2 aromatic rings. The van der Waals surface area contributed by atoms with Gasteiger partial charge in [0.05, 0.1) is 12.9 Å². The minimum Gasteiger partial charge on any atom is -0.387 e. The van der Waals surface area contributed by atoms with Gasteiger partial charge in [0.25, 0.3) is 5.56 Å². The molecule has 1 saturated heterocycles. The third-order valence-corrected chi connectivity index (χ3v) is 6.23. The Morgan fingerprint density at radius 1 is 1.36 bits per heavy atom. The van der Waals surface area contributed by atoms with E-state index in [1.54, 1.807) is 0 Å². The number of rotatable bonds is 6. The highest BCUT2D eigenvalue weighted by Crippen LogP contribution is 2.58. The van der Waals surface area contributed by atoms with Crippen molar-refractivity contribution in [3.05, 3.63) is 16.7 Å². The quantitative estimate of drug-likeness (QED) is 0.274. The Hall–Kier alpha value is -1.67. The first-order valence-electron chi connectivity index (χ1n) is 7.61. The van der Waals surface area contributed by atoms with E-state index in [4.69, 9.17) is 15.4 Å². The second-order valence-electron chi connectivity index (χ2n) is 5.97. The molecule has 1 aliphatic heterocycles. The highest BCUT2D eigenvalue weighted by Gasteiger charge is 2.45. The number of phosphoric acid groups is 1. The molecule has 0 saturated carbocycles. The molecule has 6 atom stereocenters. The number of aliphatic hydroxyl groups excluding tert-OH is 2. The van der Waals surface area contributed by atoms with E-state index in [0.29, 0.717) is 6.66 Å². The Kier molecular flexibility index (Phi) is 5.49. The minimum absolute atomic E-state index is 0.0255. The Morgan fingerprint density at radius 3 is 2.68 bits per heavy atom. The molecular weight excluding hydrogens is 424 g/mol. The van der Waals surface area contributed by atoms with E-state index in [0.717, 1.165) is 10.9 Å². The van der Waals surface area contributed by atoms with Crippen LogP contribution in [0.5, 0.6) is 0 Å². The van der Waals surface area contributed by atoms with Gasteiger partial charge in [0.15, 0.2) is 17.4 Å². The smallest absolute Gasteiger partial charge is 0.387 e. The number of imidazole rings is 1. The largest absolute Gasteiger partial charge is 0.479 e. The van der Waals surface area contributed by atoms with Crippen LogP contribution in [0.3, 0.4) is 0 Å². The third-order valence-electron chi connectivity index (χ3n) is 3.72. The van der Waals surface area contributed by atoms with Crippen molar-refractivity contribution in [3.8, 4) is 0 Å². The molecule has 7 N–H and O–H groups in total. The number of nitrogens with two attached hydrogens (primary N) is 1. The van der Waals surface area contributed by atoms with E-state index in [2.05, 4.69) is 23.8 Å². The molecule has 0 aromatic carbocycles. The number of aliphatic hydroxyl groups is 2. The van der Waals surface area contributed by atoms with Gasteiger partial charge in [-0.1, -0.05) is 0 Å². The Labute approximate surface area is 155 Å². The molecule has 28 heavy (non-hydrogen) atoms. The SMILES string of the molecule is CP(=O)(O)OP(=O)(O)OC[C@H]1O[C@@H](n2cnc3c(=O)[nH]c(N)nc32)[C@H](O)[C@@H]1O. The predicted molar refractivity (Wildman–Crippen MR) is 91.1 cm³/mol. The van der Waals surface area contributed by atoms with Crippen molar-refractivity contribution in [2.24, 2.45) is 0 Å². The van der Waals surface area contributed by atoms with E-state index in [9.17, 15) is 29.0 Å². The molecule has 3 rings (SSSR count). The minimum atomic E-state index is -4.92. The number of aromatic amines is 1. The molecule has 17 heteroatoms.